The van der Waals surface area contributed by atoms with Crippen molar-refractivity contribution in [3.8, 4) is 0 Å². The van der Waals surface area contributed by atoms with Crippen molar-refractivity contribution >= 4 is 11.8 Å². The van der Waals surface area contributed by atoms with E-state index < -0.39 is 29.4 Å². The van der Waals surface area contributed by atoms with E-state index >= 15 is 0 Å². The van der Waals surface area contributed by atoms with Crippen molar-refractivity contribution in [3.05, 3.63) is 35.1 Å². The lowest BCUT2D eigenvalue weighted by molar-refractivity contribution is -0.122. The second-order valence-electron chi connectivity index (χ2n) is 4.57. The zero-order valence-corrected chi connectivity index (χ0v) is 10.5. The van der Waals surface area contributed by atoms with Crippen LogP contribution in [-0.2, 0) is 4.79 Å². The third kappa shape index (κ3) is 3.09. The van der Waals surface area contributed by atoms with Crippen LogP contribution in [0.4, 0.5) is 13.2 Å². The zero-order chi connectivity index (χ0) is 14.7. The molecule has 0 radical (unpaired) electrons. The molecule has 1 fully saturated rings. The van der Waals surface area contributed by atoms with Crippen LogP contribution in [0.1, 0.15) is 29.6 Å². The standard InChI is InChI=1S/C13H13F3N2O2/c14-8-5-7(6-9(15)11(8)16)12(19)18-10-3-1-2-4-17-13(10)20/h5-6,10H,1-4H2,(H,17,20)(H,18,19). The highest BCUT2D eigenvalue weighted by molar-refractivity contribution is 5.97. The van der Waals surface area contributed by atoms with Gasteiger partial charge in [-0.15, -0.1) is 0 Å². The minimum absolute atomic E-state index is 0.334. The van der Waals surface area contributed by atoms with Crippen LogP contribution >= 0.6 is 0 Å². The number of hydrogen-bond acceptors (Lipinski definition) is 2. The van der Waals surface area contributed by atoms with Crippen molar-refractivity contribution in [2.24, 2.45) is 0 Å². The first kappa shape index (κ1) is 14.4. The van der Waals surface area contributed by atoms with Crippen molar-refractivity contribution in [2.45, 2.75) is 25.3 Å². The van der Waals surface area contributed by atoms with Gasteiger partial charge >= 0.3 is 0 Å². The molecule has 1 unspecified atom stereocenters. The predicted octanol–water partition coefficient (Wildman–Crippen LogP) is 1.50. The maximum Gasteiger partial charge on any atom is 0.252 e. The van der Waals surface area contributed by atoms with Crippen LogP contribution in [0.5, 0.6) is 0 Å². The van der Waals surface area contributed by atoms with Gasteiger partial charge in [0.25, 0.3) is 5.91 Å². The molecule has 4 nitrogen and oxygen atoms in total. The van der Waals surface area contributed by atoms with Crippen molar-refractivity contribution in [1.82, 2.24) is 10.6 Å². The molecule has 2 rings (SSSR count). The van der Waals surface area contributed by atoms with E-state index in [0.29, 0.717) is 25.1 Å². The molecule has 1 aromatic rings. The topological polar surface area (TPSA) is 58.2 Å². The average molecular weight is 286 g/mol. The number of carbonyl (C=O) groups is 2. The number of benzene rings is 1. The highest BCUT2D eigenvalue weighted by Crippen LogP contribution is 2.14. The van der Waals surface area contributed by atoms with Gasteiger partial charge in [0.2, 0.25) is 5.91 Å². The fourth-order valence-electron chi connectivity index (χ4n) is 2.01. The summed E-state index contributed by atoms with van der Waals surface area (Å²) in [5.74, 6) is -5.67. The van der Waals surface area contributed by atoms with Crippen LogP contribution in [0.25, 0.3) is 0 Å². The molecular formula is C13H13F3N2O2. The molecule has 0 aliphatic carbocycles. The summed E-state index contributed by atoms with van der Waals surface area (Å²) in [5, 5.41) is 5.01. The molecule has 1 heterocycles. The molecular weight excluding hydrogens is 273 g/mol. The molecule has 1 saturated heterocycles. The number of rotatable bonds is 2. The van der Waals surface area contributed by atoms with Crippen molar-refractivity contribution in [2.75, 3.05) is 6.54 Å². The third-order valence-electron chi connectivity index (χ3n) is 3.09. The number of halogens is 3. The van der Waals surface area contributed by atoms with E-state index in [1.165, 1.54) is 0 Å². The molecule has 7 heteroatoms. The fourth-order valence-corrected chi connectivity index (χ4v) is 2.01. The van der Waals surface area contributed by atoms with Gasteiger partial charge in [0, 0.05) is 12.1 Å². The first-order valence-corrected chi connectivity index (χ1v) is 6.22. The van der Waals surface area contributed by atoms with E-state index in [1.807, 2.05) is 0 Å². The summed E-state index contributed by atoms with van der Waals surface area (Å²) in [4.78, 5) is 23.5. The van der Waals surface area contributed by atoms with Gasteiger partial charge < -0.3 is 10.6 Å². The molecule has 2 amide bonds. The fraction of sp³-hybridized carbons (Fsp3) is 0.385. The Morgan fingerprint density at radius 3 is 2.50 bits per heavy atom. The summed E-state index contributed by atoms with van der Waals surface area (Å²) < 4.78 is 38.9. The van der Waals surface area contributed by atoms with Gasteiger partial charge in [-0.3, -0.25) is 9.59 Å². The van der Waals surface area contributed by atoms with Gasteiger partial charge in [-0.2, -0.15) is 0 Å². The van der Waals surface area contributed by atoms with Gasteiger partial charge in [-0.05, 0) is 31.4 Å². The lowest BCUT2D eigenvalue weighted by atomic mass is 10.1. The number of amides is 2. The lowest BCUT2D eigenvalue weighted by Crippen LogP contribution is -2.45. The Bertz CT molecular complexity index is 525. The van der Waals surface area contributed by atoms with Crippen LogP contribution in [0.2, 0.25) is 0 Å². The molecule has 0 saturated carbocycles. The number of nitrogens with one attached hydrogen (secondary N) is 2. The van der Waals surface area contributed by atoms with E-state index in [-0.39, 0.29) is 11.5 Å². The molecule has 0 aromatic heterocycles. The van der Waals surface area contributed by atoms with Crippen molar-refractivity contribution in [1.29, 1.82) is 0 Å². The second kappa shape index (κ2) is 5.94. The molecule has 20 heavy (non-hydrogen) atoms. The molecule has 1 aliphatic rings. The van der Waals surface area contributed by atoms with E-state index in [0.717, 1.165) is 12.8 Å². The first-order chi connectivity index (χ1) is 9.49. The molecule has 2 N–H and O–H groups in total. The molecule has 1 atom stereocenters. The van der Waals surface area contributed by atoms with Crippen LogP contribution < -0.4 is 10.6 Å². The Morgan fingerprint density at radius 2 is 1.85 bits per heavy atom. The lowest BCUT2D eigenvalue weighted by Gasteiger charge is -2.15. The first-order valence-electron chi connectivity index (χ1n) is 6.22. The van der Waals surface area contributed by atoms with Crippen molar-refractivity contribution in [3.63, 3.8) is 0 Å². The summed E-state index contributed by atoms with van der Waals surface area (Å²) in [5.41, 5.74) is -0.363. The molecule has 1 aliphatic heterocycles. The summed E-state index contributed by atoms with van der Waals surface area (Å²) in [6, 6.07) is 0.450. The average Bonchev–Trinajstić information content (AvgIpc) is 2.61. The smallest absolute Gasteiger partial charge is 0.252 e. The highest BCUT2D eigenvalue weighted by atomic mass is 19.2. The SMILES string of the molecule is O=C(NC1CCCCNC1=O)c1cc(F)c(F)c(F)c1. The number of carbonyl (C=O) groups excluding carboxylic acids is 2. The maximum absolute atomic E-state index is 13.0. The summed E-state index contributed by atoms with van der Waals surface area (Å²) in [7, 11) is 0. The summed E-state index contributed by atoms with van der Waals surface area (Å²) in [6.07, 6.45) is 2.00. The highest BCUT2D eigenvalue weighted by Gasteiger charge is 2.24. The zero-order valence-electron chi connectivity index (χ0n) is 10.5. The molecule has 108 valence electrons. The Kier molecular flexibility index (Phi) is 4.26. The Labute approximate surface area is 113 Å². The van der Waals surface area contributed by atoms with Gasteiger partial charge in [0.05, 0.1) is 0 Å². The minimum Gasteiger partial charge on any atom is -0.354 e. The van der Waals surface area contributed by atoms with Crippen molar-refractivity contribution < 1.29 is 22.8 Å². The monoisotopic (exact) mass is 286 g/mol. The van der Waals surface area contributed by atoms with Crippen LogP contribution in [0.15, 0.2) is 12.1 Å². The normalized spacial score (nSPS) is 19.1. The molecule has 0 bridgehead atoms. The van der Waals surface area contributed by atoms with E-state index in [9.17, 15) is 22.8 Å². The Morgan fingerprint density at radius 1 is 1.20 bits per heavy atom. The quantitative estimate of drug-likeness (QED) is 0.810. The van der Waals surface area contributed by atoms with E-state index in [2.05, 4.69) is 10.6 Å². The van der Waals surface area contributed by atoms with Crippen LogP contribution in [0.3, 0.4) is 0 Å². The summed E-state index contributed by atoms with van der Waals surface area (Å²) in [6.45, 7) is 0.533. The second-order valence-corrected chi connectivity index (χ2v) is 4.57. The van der Waals surface area contributed by atoms with Crippen LogP contribution in [-0.4, -0.2) is 24.4 Å². The predicted molar refractivity (Wildman–Crippen MR) is 64.4 cm³/mol. The maximum atomic E-state index is 13.0. The van der Waals surface area contributed by atoms with E-state index in [1.54, 1.807) is 0 Å². The minimum atomic E-state index is -1.63. The number of hydrogen-bond donors (Lipinski definition) is 2. The van der Waals surface area contributed by atoms with Gasteiger partial charge in [-0.25, -0.2) is 13.2 Å². The third-order valence-corrected chi connectivity index (χ3v) is 3.09. The molecule has 0 spiro atoms. The largest absolute Gasteiger partial charge is 0.354 e. The van der Waals surface area contributed by atoms with Gasteiger partial charge in [0.1, 0.15) is 6.04 Å². The van der Waals surface area contributed by atoms with Gasteiger partial charge in [-0.1, -0.05) is 0 Å². The summed E-state index contributed by atoms with van der Waals surface area (Å²) >= 11 is 0. The van der Waals surface area contributed by atoms with E-state index in [4.69, 9.17) is 0 Å². The Hall–Kier alpha value is -2.05. The van der Waals surface area contributed by atoms with Crippen LogP contribution in [0, 0.1) is 17.5 Å². The Balaban J connectivity index is 2.13. The molecule has 1 aromatic carbocycles. The van der Waals surface area contributed by atoms with Gasteiger partial charge in [0.15, 0.2) is 17.5 Å².